The maximum atomic E-state index is 12.0. The molecule has 1 N–H and O–H groups in total. The topological polar surface area (TPSA) is 34.0 Å². The van der Waals surface area contributed by atoms with Gasteiger partial charge in [-0.25, -0.2) is 4.68 Å². The average molecular weight is 250 g/mol. The number of hydrogen-bond donors (Lipinski definition) is 1. The Balaban J connectivity index is 2.05. The third-order valence-electron chi connectivity index (χ3n) is 3.08. The van der Waals surface area contributed by atoms with Gasteiger partial charge in [0.1, 0.15) is 0 Å². The van der Waals surface area contributed by atoms with Gasteiger partial charge in [-0.2, -0.15) is 0 Å². The summed E-state index contributed by atoms with van der Waals surface area (Å²) >= 11 is 0. The number of hydrogen-bond acceptors (Lipinski definition) is 2. The smallest absolute Gasteiger partial charge is 0.270 e. The Morgan fingerprint density at radius 1 is 0.947 bits per heavy atom. The Morgan fingerprint density at radius 2 is 1.68 bits per heavy atom. The maximum Gasteiger partial charge on any atom is 0.270 e. The van der Waals surface area contributed by atoms with Crippen LogP contribution < -0.4 is 11.0 Å². The van der Waals surface area contributed by atoms with Crippen LogP contribution in [0.5, 0.6) is 0 Å². The lowest BCUT2D eigenvalue weighted by molar-refractivity contribution is 0.939. The van der Waals surface area contributed by atoms with E-state index in [1.165, 1.54) is 5.56 Å². The molecule has 0 atom stereocenters. The van der Waals surface area contributed by atoms with Crippen molar-refractivity contribution in [3.8, 4) is 11.3 Å². The lowest BCUT2D eigenvalue weighted by Gasteiger charge is -2.09. The van der Waals surface area contributed by atoms with Gasteiger partial charge in [-0.1, -0.05) is 42.0 Å². The summed E-state index contributed by atoms with van der Waals surface area (Å²) in [5.74, 6) is 0. The Morgan fingerprint density at radius 3 is 2.47 bits per heavy atom. The minimum absolute atomic E-state index is 0.0539. The molecule has 0 amide bonds. The van der Waals surface area contributed by atoms with Gasteiger partial charge in [-0.3, -0.25) is 10.2 Å². The summed E-state index contributed by atoms with van der Waals surface area (Å²) in [4.78, 5) is 12.0. The number of anilines is 1. The molecule has 94 valence electrons. The fourth-order valence-electron chi connectivity index (χ4n) is 2.07. The first-order valence-corrected chi connectivity index (χ1v) is 6.18. The van der Waals surface area contributed by atoms with Crippen LogP contribution in [0.4, 0.5) is 5.69 Å². The highest BCUT2D eigenvalue weighted by Crippen LogP contribution is 2.19. The molecule has 2 aliphatic rings. The highest BCUT2D eigenvalue weighted by molar-refractivity contribution is 5.62. The number of nitrogens with zero attached hydrogens (tertiary/aromatic N) is 1. The van der Waals surface area contributed by atoms with E-state index in [1.807, 2.05) is 61.5 Å². The number of aryl methyl sites for hydroxylation is 1. The number of benzene rings is 1. The van der Waals surface area contributed by atoms with Crippen LogP contribution in [0.2, 0.25) is 0 Å². The molecule has 0 spiro atoms. The zero-order valence-corrected chi connectivity index (χ0v) is 10.6. The normalized spacial score (nSPS) is 10.6. The molecule has 0 bridgehead atoms. The standard InChI is InChI=1S/C16H14N2O/c1-12-7-9-14(10-8-12)17-18-15-6-4-2-3-5-13(15)11-16(18)19/h2-11,17H,1H3. The van der Waals surface area contributed by atoms with Crippen LogP contribution >= 0.6 is 0 Å². The van der Waals surface area contributed by atoms with E-state index in [-0.39, 0.29) is 5.56 Å². The molecule has 1 aliphatic carbocycles. The molecule has 0 saturated carbocycles. The van der Waals surface area contributed by atoms with Crippen LogP contribution in [0.15, 0.2) is 65.5 Å². The molecule has 1 aliphatic heterocycles. The number of fused-ring (bicyclic) bond motifs is 1. The van der Waals surface area contributed by atoms with Gasteiger partial charge in [0.2, 0.25) is 0 Å². The highest BCUT2D eigenvalue weighted by Gasteiger charge is 2.10. The van der Waals surface area contributed by atoms with Crippen molar-refractivity contribution in [2.24, 2.45) is 0 Å². The SMILES string of the molecule is Cc1ccc(Nn2c3cccccc-3cc2=O)cc1. The maximum absolute atomic E-state index is 12.0. The van der Waals surface area contributed by atoms with E-state index in [1.54, 1.807) is 10.7 Å². The van der Waals surface area contributed by atoms with E-state index in [0.29, 0.717) is 0 Å². The molecule has 1 heterocycles. The quantitative estimate of drug-likeness (QED) is 0.758. The van der Waals surface area contributed by atoms with Crippen molar-refractivity contribution in [1.29, 1.82) is 0 Å². The summed E-state index contributed by atoms with van der Waals surface area (Å²) in [5, 5.41) is 0. The molecule has 1 aromatic carbocycles. The summed E-state index contributed by atoms with van der Waals surface area (Å²) in [6, 6.07) is 19.2. The number of nitrogens with one attached hydrogen (secondary N) is 1. The van der Waals surface area contributed by atoms with Crippen molar-refractivity contribution in [2.75, 3.05) is 5.43 Å². The van der Waals surface area contributed by atoms with Gasteiger partial charge < -0.3 is 0 Å². The Hall–Kier alpha value is -2.55. The minimum Gasteiger partial charge on any atom is -0.291 e. The Kier molecular flexibility index (Phi) is 2.80. The lowest BCUT2D eigenvalue weighted by atomic mass is 10.2. The Labute approximate surface area is 111 Å². The molecule has 0 fully saturated rings. The fourth-order valence-corrected chi connectivity index (χ4v) is 2.07. The van der Waals surface area contributed by atoms with E-state index in [0.717, 1.165) is 16.9 Å². The molecule has 1 aromatic rings. The van der Waals surface area contributed by atoms with Crippen LogP contribution in [0.3, 0.4) is 0 Å². The Bertz CT molecular complexity index is 728. The van der Waals surface area contributed by atoms with Crippen LogP contribution in [0.25, 0.3) is 11.3 Å². The minimum atomic E-state index is -0.0539. The van der Waals surface area contributed by atoms with E-state index in [2.05, 4.69) is 5.43 Å². The predicted molar refractivity (Wildman–Crippen MR) is 77.5 cm³/mol. The van der Waals surface area contributed by atoms with Gasteiger partial charge >= 0.3 is 0 Å². The van der Waals surface area contributed by atoms with Crippen molar-refractivity contribution < 1.29 is 0 Å². The van der Waals surface area contributed by atoms with Gasteiger partial charge in [-0.05, 0) is 25.1 Å². The molecule has 0 unspecified atom stereocenters. The lowest BCUT2D eigenvalue weighted by Crippen LogP contribution is -2.21. The van der Waals surface area contributed by atoms with Gasteiger partial charge in [0.15, 0.2) is 0 Å². The molecule has 0 saturated heterocycles. The van der Waals surface area contributed by atoms with Crippen molar-refractivity contribution in [3.05, 3.63) is 76.6 Å². The van der Waals surface area contributed by atoms with Crippen LogP contribution in [-0.2, 0) is 0 Å². The molecule has 19 heavy (non-hydrogen) atoms. The second kappa shape index (κ2) is 4.61. The van der Waals surface area contributed by atoms with Gasteiger partial charge in [0.05, 0.1) is 11.4 Å². The first kappa shape index (κ1) is 11.5. The van der Waals surface area contributed by atoms with E-state index < -0.39 is 0 Å². The van der Waals surface area contributed by atoms with Crippen molar-refractivity contribution in [1.82, 2.24) is 4.68 Å². The highest BCUT2D eigenvalue weighted by atomic mass is 16.1. The average Bonchev–Trinajstić information content (AvgIpc) is 2.58. The van der Waals surface area contributed by atoms with Crippen molar-refractivity contribution in [3.63, 3.8) is 0 Å². The zero-order chi connectivity index (χ0) is 13.2. The number of aromatic nitrogens is 1. The molecule has 0 radical (unpaired) electrons. The van der Waals surface area contributed by atoms with Crippen molar-refractivity contribution >= 4 is 5.69 Å². The summed E-state index contributed by atoms with van der Waals surface area (Å²) in [5.41, 5.74) is 6.97. The molecular weight excluding hydrogens is 236 g/mol. The summed E-state index contributed by atoms with van der Waals surface area (Å²) in [6.07, 6.45) is 0. The van der Waals surface area contributed by atoms with Crippen molar-refractivity contribution in [2.45, 2.75) is 6.92 Å². The molecular formula is C16H14N2O. The second-order valence-electron chi connectivity index (χ2n) is 4.55. The van der Waals surface area contributed by atoms with Crippen LogP contribution in [-0.4, -0.2) is 4.68 Å². The predicted octanol–water partition coefficient (Wildman–Crippen LogP) is 3.14. The first-order valence-electron chi connectivity index (χ1n) is 6.18. The summed E-state index contributed by atoms with van der Waals surface area (Å²) in [7, 11) is 0. The largest absolute Gasteiger partial charge is 0.291 e. The van der Waals surface area contributed by atoms with E-state index >= 15 is 0 Å². The molecule has 3 nitrogen and oxygen atoms in total. The number of rotatable bonds is 2. The zero-order valence-electron chi connectivity index (χ0n) is 10.6. The second-order valence-corrected chi connectivity index (χ2v) is 4.55. The van der Waals surface area contributed by atoms with E-state index in [9.17, 15) is 4.79 Å². The first-order chi connectivity index (χ1) is 9.24. The fraction of sp³-hybridized carbons (Fsp3) is 0.0625. The molecule has 3 rings (SSSR count). The summed E-state index contributed by atoms with van der Waals surface area (Å²) < 4.78 is 1.57. The molecule has 3 heteroatoms. The van der Waals surface area contributed by atoms with Crippen LogP contribution in [0.1, 0.15) is 5.56 Å². The van der Waals surface area contributed by atoms with Gasteiger partial charge in [0, 0.05) is 11.6 Å². The van der Waals surface area contributed by atoms with E-state index in [4.69, 9.17) is 0 Å². The molecule has 0 aromatic heterocycles. The summed E-state index contributed by atoms with van der Waals surface area (Å²) in [6.45, 7) is 2.04. The third kappa shape index (κ3) is 2.22. The third-order valence-corrected chi connectivity index (χ3v) is 3.08. The van der Waals surface area contributed by atoms with Gasteiger partial charge in [-0.15, -0.1) is 0 Å². The van der Waals surface area contributed by atoms with Gasteiger partial charge in [0.25, 0.3) is 5.56 Å². The monoisotopic (exact) mass is 250 g/mol. The van der Waals surface area contributed by atoms with Crippen LogP contribution in [0, 0.1) is 6.92 Å².